The monoisotopic (exact) mass is 340 g/mol. The second kappa shape index (κ2) is 6.29. The number of aromatic amines is 1. The van der Waals surface area contributed by atoms with E-state index in [1.54, 1.807) is 18.3 Å². The summed E-state index contributed by atoms with van der Waals surface area (Å²) in [6.45, 7) is 3.89. The number of aryl methyl sites for hydroxylation is 1. The van der Waals surface area contributed by atoms with Crippen LogP contribution in [0.2, 0.25) is 0 Å². The van der Waals surface area contributed by atoms with Gasteiger partial charge in [-0.3, -0.25) is 14.9 Å². The third-order valence-corrected chi connectivity index (χ3v) is 4.58. The van der Waals surface area contributed by atoms with E-state index < -0.39 is 5.91 Å². The number of H-pyrrole nitrogens is 1. The Hall–Kier alpha value is -2.93. The van der Waals surface area contributed by atoms with E-state index in [4.69, 9.17) is 5.73 Å². The summed E-state index contributed by atoms with van der Waals surface area (Å²) in [5.74, 6) is -0.719. The number of thiazole rings is 1. The van der Waals surface area contributed by atoms with Crippen LogP contribution in [0.1, 0.15) is 32.0 Å². The van der Waals surface area contributed by atoms with Gasteiger partial charge in [0.2, 0.25) is 0 Å². The molecule has 2 aromatic heterocycles. The van der Waals surface area contributed by atoms with E-state index in [-0.39, 0.29) is 5.91 Å². The highest BCUT2D eigenvalue weighted by atomic mass is 32.1. The number of hydrogen-bond acceptors (Lipinski definition) is 4. The van der Waals surface area contributed by atoms with Gasteiger partial charge in [0.1, 0.15) is 5.69 Å². The number of carbonyl (C=O) groups excluding carboxylic acids is 2. The number of nitrogens with zero attached hydrogens (tertiary/aromatic N) is 1. The Morgan fingerprint density at radius 3 is 2.79 bits per heavy atom. The van der Waals surface area contributed by atoms with Crippen LogP contribution in [0.4, 0.5) is 5.13 Å². The first kappa shape index (κ1) is 15.9. The topological polar surface area (TPSA) is 101 Å². The summed E-state index contributed by atoms with van der Waals surface area (Å²) in [6.07, 6.45) is 1.66. The summed E-state index contributed by atoms with van der Waals surface area (Å²) in [4.78, 5) is 30.7. The summed E-state index contributed by atoms with van der Waals surface area (Å²) in [6, 6.07) is 7.25. The van der Waals surface area contributed by atoms with Gasteiger partial charge < -0.3 is 10.7 Å². The zero-order chi connectivity index (χ0) is 17.3. The van der Waals surface area contributed by atoms with Crippen molar-refractivity contribution in [3.05, 3.63) is 58.2 Å². The highest BCUT2D eigenvalue weighted by molar-refractivity contribution is 7.14. The highest BCUT2D eigenvalue weighted by Gasteiger charge is 2.14. The molecule has 6 nitrogen and oxygen atoms in total. The first-order valence-electron chi connectivity index (χ1n) is 7.27. The van der Waals surface area contributed by atoms with Crippen LogP contribution in [0.25, 0.3) is 11.3 Å². The van der Waals surface area contributed by atoms with Crippen molar-refractivity contribution in [2.75, 3.05) is 5.32 Å². The Kier molecular flexibility index (Phi) is 4.18. The predicted molar refractivity (Wildman–Crippen MR) is 94.3 cm³/mol. The van der Waals surface area contributed by atoms with Crippen LogP contribution in [0.5, 0.6) is 0 Å². The van der Waals surface area contributed by atoms with Gasteiger partial charge in [0, 0.05) is 22.7 Å². The molecule has 0 saturated heterocycles. The quantitative estimate of drug-likeness (QED) is 0.680. The van der Waals surface area contributed by atoms with Crippen molar-refractivity contribution < 1.29 is 9.59 Å². The van der Waals surface area contributed by atoms with Crippen molar-refractivity contribution in [3.8, 4) is 11.3 Å². The van der Waals surface area contributed by atoms with Crippen LogP contribution in [-0.4, -0.2) is 21.8 Å². The maximum atomic E-state index is 12.4. The third-order valence-electron chi connectivity index (χ3n) is 3.82. The van der Waals surface area contributed by atoms with E-state index in [9.17, 15) is 9.59 Å². The zero-order valence-corrected chi connectivity index (χ0v) is 14.0. The van der Waals surface area contributed by atoms with Crippen molar-refractivity contribution in [1.82, 2.24) is 9.97 Å². The molecule has 7 heteroatoms. The molecule has 0 aliphatic heterocycles. The van der Waals surface area contributed by atoms with Crippen LogP contribution in [-0.2, 0) is 0 Å². The maximum Gasteiger partial charge on any atom is 0.265 e. The van der Waals surface area contributed by atoms with E-state index in [1.165, 1.54) is 11.3 Å². The van der Waals surface area contributed by atoms with Gasteiger partial charge >= 0.3 is 0 Å². The molecule has 122 valence electrons. The lowest BCUT2D eigenvalue weighted by Gasteiger charge is -2.07. The summed E-state index contributed by atoms with van der Waals surface area (Å²) in [5, 5.41) is 5.12. The molecule has 24 heavy (non-hydrogen) atoms. The van der Waals surface area contributed by atoms with E-state index >= 15 is 0 Å². The molecule has 2 amide bonds. The fraction of sp³-hybridized carbons (Fsp3) is 0.118. The van der Waals surface area contributed by atoms with Gasteiger partial charge in [-0.15, -0.1) is 11.3 Å². The number of hydrogen-bond donors (Lipinski definition) is 3. The molecule has 0 saturated carbocycles. The lowest BCUT2D eigenvalue weighted by atomic mass is 10.0. The van der Waals surface area contributed by atoms with E-state index in [2.05, 4.69) is 15.3 Å². The molecule has 1 aromatic carbocycles. The maximum absolute atomic E-state index is 12.4. The number of rotatable bonds is 4. The smallest absolute Gasteiger partial charge is 0.265 e. The van der Waals surface area contributed by atoms with Gasteiger partial charge in [0.05, 0.1) is 5.69 Å². The Morgan fingerprint density at radius 2 is 2.08 bits per heavy atom. The number of amides is 2. The fourth-order valence-corrected chi connectivity index (χ4v) is 3.02. The molecular formula is C17H16N4O2S. The average molecular weight is 340 g/mol. The van der Waals surface area contributed by atoms with E-state index in [1.807, 2.05) is 31.4 Å². The van der Waals surface area contributed by atoms with Crippen molar-refractivity contribution in [2.45, 2.75) is 13.8 Å². The molecular weight excluding hydrogens is 324 g/mol. The number of nitrogens with two attached hydrogens (primary N) is 1. The number of anilines is 1. The standard InChI is InChI=1S/C17H16N4O2S/c1-9-4-3-5-12(10(9)2)16(23)21-17-20-14(8-24-17)11-6-13(15(18)22)19-7-11/h3-8,19H,1-2H3,(H2,18,22)(H,20,21,23). The Balaban J connectivity index is 1.79. The number of benzene rings is 1. The highest BCUT2D eigenvalue weighted by Crippen LogP contribution is 2.26. The Morgan fingerprint density at radius 1 is 1.29 bits per heavy atom. The van der Waals surface area contributed by atoms with Gasteiger partial charge in [-0.1, -0.05) is 12.1 Å². The summed E-state index contributed by atoms with van der Waals surface area (Å²) < 4.78 is 0. The lowest BCUT2D eigenvalue weighted by Crippen LogP contribution is -2.13. The Labute approximate surface area is 142 Å². The number of aromatic nitrogens is 2. The number of nitrogens with one attached hydrogen (secondary N) is 2. The van der Waals surface area contributed by atoms with Gasteiger partial charge in [-0.25, -0.2) is 4.98 Å². The second-order valence-corrected chi connectivity index (χ2v) is 6.26. The molecule has 4 N–H and O–H groups in total. The van der Waals surface area contributed by atoms with Crippen LogP contribution < -0.4 is 11.1 Å². The first-order valence-corrected chi connectivity index (χ1v) is 8.15. The predicted octanol–water partition coefficient (Wildman–Crippen LogP) is 3.11. The van der Waals surface area contributed by atoms with Crippen LogP contribution in [0.3, 0.4) is 0 Å². The lowest BCUT2D eigenvalue weighted by molar-refractivity contribution is 0.0994. The molecule has 0 radical (unpaired) electrons. The van der Waals surface area contributed by atoms with Gasteiger partial charge in [0.15, 0.2) is 5.13 Å². The normalized spacial score (nSPS) is 10.6. The molecule has 3 aromatic rings. The molecule has 0 aliphatic carbocycles. The molecule has 2 heterocycles. The summed E-state index contributed by atoms with van der Waals surface area (Å²) in [5.41, 5.74) is 9.59. The molecule has 0 unspecified atom stereocenters. The molecule has 0 atom stereocenters. The molecule has 0 aliphatic rings. The third kappa shape index (κ3) is 3.07. The number of primary amides is 1. The average Bonchev–Trinajstić information content (AvgIpc) is 3.18. The Bertz CT molecular complexity index is 926. The van der Waals surface area contributed by atoms with Crippen molar-refractivity contribution in [3.63, 3.8) is 0 Å². The van der Waals surface area contributed by atoms with E-state index in [0.29, 0.717) is 22.1 Å². The first-order chi connectivity index (χ1) is 11.5. The minimum absolute atomic E-state index is 0.191. The summed E-state index contributed by atoms with van der Waals surface area (Å²) >= 11 is 1.32. The minimum Gasteiger partial charge on any atom is -0.364 e. The largest absolute Gasteiger partial charge is 0.364 e. The van der Waals surface area contributed by atoms with Crippen LogP contribution in [0, 0.1) is 13.8 Å². The fourth-order valence-electron chi connectivity index (χ4n) is 2.31. The molecule has 0 fully saturated rings. The number of carbonyl (C=O) groups is 2. The van der Waals surface area contributed by atoms with Gasteiger partial charge in [-0.05, 0) is 37.1 Å². The van der Waals surface area contributed by atoms with Gasteiger partial charge in [0.25, 0.3) is 11.8 Å². The van der Waals surface area contributed by atoms with Crippen molar-refractivity contribution >= 4 is 28.3 Å². The molecule has 0 bridgehead atoms. The summed E-state index contributed by atoms with van der Waals surface area (Å²) in [7, 11) is 0. The van der Waals surface area contributed by atoms with Crippen LogP contribution >= 0.6 is 11.3 Å². The van der Waals surface area contributed by atoms with Crippen LogP contribution in [0.15, 0.2) is 35.8 Å². The molecule has 0 spiro atoms. The second-order valence-electron chi connectivity index (χ2n) is 5.41. The van der Waals surface area contributed by atoms with Crippen molar-refractivity contribution in [2.24, 2.45) is 5.73 Å². The zero-order valence-electron chi connectivity index (χ0n) is 13.2. The van der Waals surface area contributed by atoms with Crippen molar-refractivity contribution in [1.29, 1.82) is 0 Å². The van der Waals surface area contributed by atoms with E-state index in [0.717, 1.165) is 16.7 Å². The SMILES string of the molecule is Cc1cccc(C(=O)Nc2nc(-c3c[nH]c(C(N)=O)c3)cs2)c1C. The molecule has 3 rings (SSSR count). The van der Waals surface area contributed by atoms with Gasteiger partial charge in [-0.2, -0.15) is 0 Å². The minimum atomic E-state index is -0.528.